The molecule has 2 aromatic rings. The normalized spacial score (nSPS) is 10.8. The Balaban J connectivity index is 2.35. The second kappa shape index (κ2) is 6.78. The zero-order valence-electron chi connectivity index (χ0n) is 12.8. The Morgan fingerprint density at radius 3 is 2.67 bits per heavy atom. The first-order valence-corrected chi connectivity index (χ1v) is 7.62. The number of nitrogens with zero attached hydrogens (tertiary/aromatic N) is 1. The summed E-state index contributed by atoms with van der Waals surface area (Å²) in [6, 6.07) is 5.91. The minimum Gasteiger partial charge on any atom is -0.493 e. The van der Waals surface area contributed by atoms with Crippen LogP contribution in [0, 0.1) is 12.8 Å². The van der Waals surface area contributed by atoms with E-state index in [1.165, 1.54) is 11.3 Å². The molecule has 0 aliphatic heterocycles. The highest BCUT2D eigenvalue weighted by Gasteiger charge is 2.13. The van der Waals surface area contributed by atoms with Crippen LogP contribution in [-0.4, -0.2) is 18.7 Å². The number of hydrogen-bond acceptors (Lipinski definition) is 6. The number of benzene rings is 1. The van der Waals surface area contributed by atoms with Crippen molar-refractivity contribution in [3.8, 4) is 21.9 Å². The number of nitrogen functional groups attached to an aromatic ring is 1. The molecule has 0 saturated heterocycles. The average Bonchev–Trinajstić information content (AvgIpc) is 2.86. The molecule has 0 spiro atoms. The Bertz CT molecular complexity index is 611. The van der Waals surface area contributed by atoms with Crippen molar-refractivity contribution in [3.05, 3.63) is 23.9 Å². The Labute approximate surface area is 129 Å². The number of rotatable bonds is 6. The van der Waals surface area contributed by atoms with Crippen molar-refractivity contribution < 1.29 is 9.47 Å². The molecule has 1 aromatic carbocycles. The Kier molecular flexibility index (Phi) is 5.03. The van der Waals surface area contributed by atoms with Gasteiger partial charge >= 0.3 is 0 Å². The van der Waals surface area contributed by atoms with Gasteiger partial charge in [-0.25, -0.2) is 10.8 Å². The number of hydrogen-bond donors (Lipinski definition) is 2. The quantitative estimate of drug-likeness (QED) is 0.632. The van der Waals surface area contributed by atoms with Crippen molar-refractivity contribution in [2.75, 3.05) is 19.1 Å². The van der Waals surface area contributed by atoms with Gasteiger partial charge in [0.1, 0.15) is 0 Å². The van der Waals surface area contributed by atoms with Gasteiger partial charge in [0.15, 0.2) is 16.6 Å². The third-order valence-corrected chi connectivity index (χ3v) is 4.06. The van der Waals surface area contributed by atoms with Crippen LogP contribution in [0.25, 0.3) is 10.4 Å². The third kappa shape index (κ3) is 3.65. The Hall–Kier alpha value is -1.79. The molecule has 1 heterocycles. The van der Waals surface area contributed by atoms with Crippen molar-refractivity contribution in [3.63, 3.8) is 0 Å². The summed E-state index contributed by atoms with van der Waals surface area (Å²) in [5, 5.41) is 0.697. The molecule has 0 fully saturated rings. The van der Waals surface area contributed by atoms with Crippen LogP contribution in [-0.2, 0) is 0 Å². The highest BCUT2D eigenvalue weighted by Crippen LogP contribution is 2.37. The largest absolute Gasteiger partial charge is 0.493 e. The molecule has 0 saturated carbocycles. The van der Waals surface area contributed by atoms with Gasteiger partial charge in [-0.1, -0.05) is 25.2 Å². The Morgan fingerprint density at radius 1 is 1.33 bits per heavy atom. The zero-order valence-corrected chi connectivity index (χ0v) is 13.6. The van der Waals surface area contributed by atoms with Crippen LogP contribution in [0.5, 0.6) is 11.5 Å². The van der Waals surface area contributed by atoms with Crippen LogP contribution in [0.3, 0.4) is 0 Å². The van der Waals surface area contributed by atoms with Gasteiger partial charge in [-0.05, 0) is 36.6 Å². The van der Waals surface area contributed by atoms with Crippen LogP contribution >= 0.6 is 11.3 Å². The topological polar surface area (TPSA) is 69.4 Å². The number of nitrogens with one attached hydrogen (secondary N) is 1. The lowest BCUT2D eigenvalue weighted by molar-refractivity contribution is 0.257. The van der Waals surface area contributed by atoms with Crippen molar-refractivity contribution in [1.82, 2.24) is 4.98 Å². The van der Waals surface area contributed by atoms with Crippen molar-refractivity contribution in [2.24, 2.45) is 11.8 Å². The van der Waals surface area contributed by atoms with Crippen molar-refractivity contribution in [1.29, 1.82) is 0 Å². The van der Waals surface area contributed by atoms with Gasteiger partial charge < -0.3 is 9.47 Å². The Morgan fingerprint density at radius 2 is 2.10 bits per heavy atom. The molecule has 0 aliphatic rings. The molecule has 1 aromatic heterocycles. The first-order valence-electron chi connectivity index (χ1n) is 6.80. The molecule has 3 N–H and O–H groups in total. The number of methoxy groups -OCH3 is 1. The van der Waals surface area contributed by atoms with Crippen LogP contribution in [0.15, 0.2) is 18.2 Å². The maximum atomic E-state index is 5.84. The fourth-order valence-electron chi connectivity index (χ4n) is 1.91. The second-order valence-corrected chi connectivity index (χ2v) is 6.15. The minimum atomic E-state index is 0.455. The number of thiazole rings is 1. The molecule has 0 unspecified atom stereocenters. The summed E-state index contributed by atoms with van der Waals surface area (Å²) in [6.07, 6.45) is 0. The molecule has 0 atom stereocenters. The van der Waals surface area contributed by atoms with Crippen molar-refractivity contribution >= 4 is 16.5 Å². The van der Waals surface area contributed by atoms with Gasteiger partial charge in [0, 0.05) is 0 Å². The number of aryl methyl sites for hydroxylation is 1. The summed E-state index contributed by atoms with van der Waals surface area (Å²) in [5.74, 6) is 7.36. The lowest BCUT2D eigenvalue weighted by Crippen LogP contribution is -2.05. The number of aromatic nitrogens is 1. The lowest BCUT2D eigenvalue weighted by Gasteiger charge is -2.13. The van der Waals surface area contributed by atoms with E-state index in [4.69, 9.17) is 15.3 Å². The molecule has 21 heavy (non-hydrogen) atoms. The SMILES string of the molecule is COc1ccc(-c2sc(NN)nc2C)cc1OCC(C)C. The van der Waals surface area contributed by atoms with E-state index in [-0.39, 0.29) is 0 Å². The van der Waals surface area contributed by atoms with Crippen LogP contribution in [0.4, 0.5) is 5.13 Å². The minimum absolute atomic E-state index is 0.455. The van der Waals surface area contributed by atoms with Gasteiger partial charge in [0.2, 0.25) is 0 Å². The molecule has 0 aliphatic carbocycles. The van der Waals surface area contributed by atoms with E-state index < -0.39 is 0 Å². The lowest BCUT2D eigenvalue weighted by atomic mass is 10.1. The van der Waals surface area contributed by atoms with E-state index in [2.05, 4.69) is 24.3 Å². The summed E-state index contributed by atoms with van der Waals surface area (Å²) in [4.78, 5) is 5.43. The molecule has 2 rings (SSSR count). The van der Waals surface area contributed by atoms with Gasteiger partial charge in [-0.3, -0.25) is 5.43 Å². The first-order chi connectivity index (χ1) is 10.0. The van der Waals surface area contributed by atoms with Gasteiger partial charge in [-0.2, -0.15) is 0 Å². The first kappa shape index (κ1) is 15.6. The van der Waals surface area contributed by atoms with E-state index in [0.29, 0.717) is 17.7 Å². The highest BCUT2D eigenvalue weighted by molar-refractivity contribution is 7.19. The number of hydrazine groups is 1. The van der Waals surface area contributed by atoms with E-state index in [1.54, 1.807) is 7.11 Å². The zero-order chi connectivity index (χ0) is 15.4. The van der Waals surface area contributed by atoms with E-state index in [0.717, 1.165) is 27.6 Å². The number of anilines is 1. The summed E-state index contributed by atoms with van der Waals surface area (Å²) in [5.41, 5.74) is 4.57. The predicted molar refractivity (Wildman–Crippen MR) is 87.0 cm³/mol. The maximum absolute atomic E-state index is 5.84. The predicted octanol–water partition coefficient (Wildman–Crippen LogP) is 3.45. The number of ether oxygens (including phenoxy) is 2. The highest BCUT2D eigenvalue weighted by atomic mass is 32.1. The molecular formula is C15H21N3O2S. The van der Waals surface area contributed by atoms with E-state index in [1.807, 2.05) is 25.1 Å². The van der Waals surface area contributed by atoms with Crippen LogP contribution in [0.1, 0.15) is 19.5 Å². The molecule has 0 bridgehead atoms. The van der Waals surface area contributed by atoms with E-state index >= 15 is 0 Å². The number of nitrogens with two attached hydrogens (primary N) is 1. The molecule has 114 valence electrons. The molecular weight excluding hydrogens is 286 g/mol. The summed E-state index contributed by atoms with van der Waals surface area (Å²) >= 11 is 1.52. The van der Waals surface area contributed by atoms with Crippen molar-refractivity contribution in [2.45, 2.75) is 20.8 Å². The van der Waals surface area contributed by atoms with Crippen LogP contribution < -0.4 is 20.7 Å². The second-order valence-electron chi connectivity index (χ2n) is 5.15. The molecule has 0 radical (unpaired) electrons. The van der Waals surface area contributed by atoms with Gasteiger partial charge in [-0.15, -0.1) is 0 Å². The fourth-order valence-corrected chi connectivity index (χ4v) is 2.79. The monoisotopic (exact) mass is 307 g/mol. The summed E-state index contributed by atoms with van der Waals surface area (Å²) in [6.45, 7) is 6.84. The average molecular weight is 307 g/mol. The third-order valence-electron chi connectivity index (χ3n) is 2.92. The molecule has 0 amide bonds. The molecule has 6 heteroatoms. The fraction of sp³-hybridized carbons (Fsp3) is 0.400. The summed E-state index contributed by atoms with van der Waals surface area (Å²) < 4.78 is 11.2. The van der Waals surface area contributed by atoms with Gasteiger partial charge in [0.05, 0.1) is 24.3 Å². The standard InChI is InChI=1S/C15H21N3O2S/c1-9(2)8-20-13-7-11(5-6-12(13)19-4)14-10(3)17-15(18-16)21-14/h5-7,9H,8,16H2,1-4H3,(H,17,18). The maximum Gasteiger partial charge on any atom is 0.197 e. The smallest absolute Gasteiger partial charge is 0.197 e. The van der Waals surface area contributed by atoms with E-state index in [9.17, 15) is 0 Å². The molecule has 5 nitrogen and oxygen atoms in total. The van der Waals surface area contributed by atoms with Crippen LogP contribution in [0.2, 0.25) is 0 Å². The van der Waals surface area contributed by atoms with Gasteiger partial charge in [0.25, 0.3) is 0 Å². The summed E-state index contributed by atoms with van der Waals surface area (Å²) in [7, 11) is 1.64.